The standard InChI is InChI=1S/C16H25FN2O2/c1-11(2)8-18-9-13-5-6-15(14(17)7-13)21-10-16(20)19-12(3)4/h5-7,11-12,18H,8-10H2,1-4H3,(H,19,20). The molecule has 0 aliphatic carbocycles. The first-order valence-corrected chi connectivity index (χ1v) is 7.29. The molecule has 0 bridgehead atoms. The molecule has 0 atom stereocenters. The molecule has 5 heteroatoms. The summed E-state index contributed by atoms with van der Waals surface area (Å²) in [6, 6.07) is 4.83. The van der Waals surface area contributed by atoms with Crippen molar-refractivity contribution in [1.82, 2.24) is 10.6 Å². The van der Waals surface area contributed by atoms with Gasteiger partial charge in [0.1, 0.15) is 0 Å². The van der Waals surface area contributed by atoms with Crippen molar-refractivity contribution in [2.24, 2.45) is 5.92 Å². The van der Waals surface area contributed by atoms with Crippen LogP contribution in [0.1, 0.15) is 33.3 Å². The normalized spacial score (nSPS) is 11.0. The summed E-state index contributed by atoms with van der Waals surface area (Å²) in [4.78, 5) is 11.4. The fourth-order valence-electron chi connectivity index (χ4n) is 1.78. The van der Waals surface area contributed by atoms with E-state index in [1.54, 1.807) is 12.1 Å². The fourth-order valence-corrected chi connectivity index (χ4v) is 1.78. The second kappa shape index (κ2) is 8.62. The van der Waals surface area contributed by atoms with E-state index >= 15 is 0 Å². The zero-order valence-corrected chi connectivity index (χ0v) is 13.2. The number of halogens is 1. The van der Waals surface area contributed by atoms with Crippen LogP contribution in [0.4, 0.5) is 4.39 Å². The zero-order valence-electron chi connectivity index (χ0n) is 13.2. The predicted molar refractivity (Wildman–Crippen MR) is 81.7 cm³/mol. The molecule has 0 saturated heterocycles. The van der Waals surface area contributed by atoms with Crippen LogP contribution in [0.25, 0.3) is 0 Å². The van der Waals surface area contributed by atoms with Crippen LogP contribution in [-0.4, -0.2) is 25.1 Å². The highest BCUT2D eigenvalue weighted by Gasteiger charge is 2.08. The third kappa shape index (κ3) is 7.09. The molecule has 0 aliphatic heterocycles. The first-order valence-electron chi connectivity index (χ1n) is 7.29. The second-order valence-electron chi connectivity index (χ2n) is 5.80. The van der Waals surface area contributed by atoms with Crippen molar-refractivity contribution in [3.05, 3.63) is 29.6 Å². The molecule has 0 spiro atoms. The van der Waals surface area contributed by atoms with Gasteiger partial charge in [-0.15, -0.1) is 0 Å². The van der Waals surface area contributed by atoms with E-state index < -0.39 is 5.82 Å². The van der Waals surface area contributed by atoms with Crippen LogP contribution >= 0.6 is 0 Å². The summed E-state index contributed by atoms with van der Waals surface area (Å²) >= 11 is 0. The Hall–Kier alpha value is -1.62. The topological polar surface area (TPSA) is 50.4 Å². The molecule has 0 saturated carbocycles. The molecule has 0 fully saturated rings. The largest absolute Gasteiger partial charge is 0.481 e. The summed E-state index contributed by atoms with van der Waals surface area (Å²) in [5.74, 6) is -0.0540. The number of carbonyl (C=O) groups excluding carboxylic acids is 1. The highest BCUT2D eigenvalue weighted by atomic mass is 19.1. The lowest BCUT2D eigenvalue weighted by Gasteiger charge is -2.11. The zero-order chi connectivity index (χ0) is 15.8. The lowest BCUT2D eigenvalue weighted by Crippen LogP contribution is -2.34. The van der Waals surface area contributed by atoms with E-state index in [0.29, 0.717) is 12.5 Å². The van der Waals surface area contributed by atoms with E-state index in [9.17, 15) is 9.18 Å². The highest BCUT2D eigenvalue weighted by Crippen LogP contribution is 2.18. The molecule has 21 heavy (non-hydrogen) atoms. The van der Waals surface area contributed by atoms with Gasteiger partial charge in [0.15, 0.2) is 18.2 Å². The molecule has 0 aromatic heterocycles. The monoisotopic (exact) mass is 296 g/mol. The molecule has 0 unspecified atom stereocenters. The predicted octanol–water partition coefficient (Wildman–Crippen LogP) is 2.47. The Kier molecular flexibility index (Phi) is 7.15. The van der Waals surface area contributed by atoms with Crippen LogP contribution in [0.5, 0.6) is 5.75 Å². The number of ether oxygens (including phenoxy) is 1. The molecule has 1 aromatic carbocycles. The SMILES string of the molecule is CC(C)CNCc1ccc(OCC(=O)NC(C)C)c(F)c1. The first kappa shape index (κ1) is 17.4. The third-order valence-electron chi connectivity index (χ3n) is 2.69. The van der Waals surface area contributed by atoms with E-state index in [-0.39, 0.29) is 24.3 Å². The van der Waals surface area contributed by atoms with Crippen LogP contribution in [0, 0.1) is 11.7 Å². The number of amides is 1. The Morgan fingerprint density at radius 2 is 2.00 bits per heavy atom. The van der Waals surface area contributed by atoms with Gasteiger partial charge in [-0.3, -0.25) is 4.79 Å². The molecule has 1 rings (SSSR count). The van der Waals surface area contributed by atoms with Gasteiger partial charge in [-0.2, -0.15) is 0 Å². The minimum absolute atomic E-state index is 0.0420. The molecule has 4 nitrogen and oxygen atoms in total. The van der Waals surface area contributed by atoms with Crippen molar-refractivity contribution in [3.63, 3.8) is 0 Å². The van der Waals surface area contributed by atoms with Crippen molar-refractivity contribution in [1.29, 1.82) is 0 Å². The summed E-state index contributed by atoms with van der Waals surface area (Å²) < 4.78 is 19.1. The Balaban J connectivity index is 2.48. The second-order valence-corrected chi connectivity index (χ2v) is 5.80. The maximum absolute atomic E-state index is 13.9. The summed E-state index contributed by atoms with van der Waals surface area (Å²) in [7, 11) is 0. The van der Waals surface area contributed by atoms with E-state index in [1.165, 1.54) is 6.07 Å². The average molecular weight is 296 g/mol. The van der Waals surface area contributed by atoms with E-state index in [4.69, 9.17) is 4.74 Å². The van der Waals surface area contributed by atoms with E-state index in [1.807, 2.05) is 13.8 Å². The highest BCUT2D eigenvalue weighted by molar-refractivity contribution is 5.77. The minimum atomic E-state index is -0.448. The van der Waals surface area contributed by atoms with Crippen molar-refractivity contribution in [2.45, 2.75) is 40.3 Å². The lowest BCUT2D eigenvalue weighted by atomic mass is 10.2. The smallest absolute Gasteiger partial charge is 0.258 e. The number of hydrogen-bond donors (Lipinski definition) is 2. The van der Waals surface area contributed by atoms with Gasteiger partial charge in [0.2, 0.25) is 0 Å². The summed E-state index contributed by atoms with van der Waals surface area (Å²) in [5.41, 5.74) is 0.854. The van der Waals surface area contributed by atoms with Gasteiger partial charge in [0, 0.05) is 12.6 Å². The number of hydrogen-bond acceptors (Lipinski definition) is 3. The van der Waals surface area contributed by atoms with Gasteiger partial charge >= 0.3 is 0 Å². The Morgan fingerprint density at radius 1 is 1.29 bits per heavy atom. The Bertz CT molecular complexity index is 462. The number of nitrogens with one attached hydrogen (secondary N) is 2. The van der Waals surface area contributed by atoms with Crippen LogP contribution in [0.3, 0.4) is 0 Å². The van der Waals surface area contributed by atoms with Gasteiger partial charge in [0.05, 0.1) is 0 Å². The summed E-state index contributed by atoms with van der Waals surface area (Å²) in [6.45, 7) is 9.27. The summed E-state index contributed by atoms with van der Waals surface area (Å²) in [5, 5.41) is 5.93. The minimum Gasteiger partial charge on any atom is -0.481 e. The molecular weight excluding hydrogens is 271 g/mol. The van der Waals surface area contributed by atoms with Crippen LogP contribution in [-0.2, 0) is 11.3 Å². The molecule has 2 N–H and O–H groups in total. The van der Waals surface area contributed by atoms with Gasteiger partial charge in [-0.25, -0.2) is 4.39 Å². The lowest BCUT2D eigenvalue weighted by molar-refractivity contribution is -0.123. The summed E-state index contributed by atoms with van der Waals surface area (Å²) in [6.07, 6.45) is 0. The van der Waals surface area contributed by atoms with E-state index in [2.05, 4.69) is 24.5 Å². The van der Waals surface area contributed by atoms with E-state index in [0.717, 1.165) is 12.1 Å². The number of rotatable bonds is 8. The Labute approximate surface area is 126 Å². The average Bonchev–Trinajstić information content (AvgIpc) is 2.36. The molecule has 1 aromatic rings. The third-order valence-corrected chi connectivity index (χ3v) is 2.69. The molecule has 0 heterocycles. The van der Waals surface area contributed by atoms with Gasteiger partial charge < -0.3 is 15.4 Å². The molecule has 118 valence electrons. The van der Waals surface area contributed by atoms with Gasteiger partial charge in [-0.05, 0) is 44.0 Å². The maximum Gasteiger partial charge on any atom is 0.258 e. The fraction of sp³-hybridized carbons (Fsp3) is 0.562. The van der Waals surface area contributed by atoms with Crippen molar-refractivity contribution in [3.8, 4) is 5.75 Å². The molecular formula is C16H25FN2O2. The van der Waals surface area contributed by atoms with Gasteiger partial charge in [-0.1, -0.05) is 19.9 Å². The van der Waals surface area contributed by atoms with Gasteiger partial charge in [0.25, 0.3) is 5.91 Å². The van der Waals surface area contributed by atoms with Crippen molar-refractivity contribution in [2.75, 3.05) is 13.2 Å². The van der Waals surface area contributed by atoms with Crippen LogP contribution < -0.4 is 15.4 Å². The molecule has 0 radical (unpaired) electrons. The first-order chi connectivity index (χ1) is 9.88. The van der Waals surface area contributed by atoms with Crippen LogP contribution in [0.15, 0.2) is 18.2 Å². The quantitative estimate of drug-likeness (QED) is 0.775. The molecule has 1 amide bonds. The van der Waals surface area contributed by atoms with Crippen LogP contribution in [0.2, 0.25) is 0 Å². The maximum atomic E-state index is 13.9. The number of carbonyl (C=O) groups is 1. The van der Waals surface area contributed by atoms with Crippen molar-refractivity contribution < 1.29 is 13.9 Å². The Morgan fingerprint density at radius 3 is 2.57 bits per heavy atom. The molecule has 0 aliphatic rings. The van der Waals surface area contributed by atoms with Crippen molar-refractivity contribution >= 4 is 5.91 Å². The number of benzene rings is 1.